The van der Waals surface area contributed by atoms with Crippen LogP contribution in [0.2, 0.25) is 0 Å². The molecule has 0 fully saturated rings. The van der Waals surface area contributed by atoms with Crippen LogP contribution in [0.4, 0.5) is 17.1 Å². The van der Waals surface area contributed by atoms with E-state index in [2.05, 4.69) is 183 Å². The lowest BCUT2D eigenvalue weighted by molar-refractivity contribution is 0.661. The van der Waals surface area contributed by atoms with Gasteiger partial charge in [0, 0.05) is 42.6 Å². The fourth-order valence-corrected chi connectivity index (χ4v) is 9.31. The van der Waals surface area contributed by atoms with Crippen molar-refractivity contribution in [1.82, 2.24) is 0 Å². The molecule has 0 amide bonds. The summed E-state index contributed by atoms with van der Waals surface area (Å²) >= 11 is 1.86. The van der Waals surface area contributed by atoms with Crippen molar-refractivity contribution in [2.45, 2.75) is 19.3 Å². The molecule has 1 aromatic heterocycles. The van der Waals surface area contributed by atoms with Gasteiger partial charge in [-0.05, 0) is 103 Å². The summed E-state index contributed by atoms with van der Waals surface area (Å²) in [6, 6.07) is 60.7. The highest BCUT2D eigenvalue weighted by Crippen LogP contribution is 2.53. The van der Waals surface area contributed by atoms with Gasteiger partial charge in [0.05, 0.1) is 0 Å². The first-order valence-electron chi connectivity index (χ1n) is 17.0. The van der Waals surface area contributed by atoms with Gasteiger partial charge in [-0.3, -0.25) is 0 Å². The van der Waals surface area contributed by atoms with Crippen molar-refractivity contribution in [3.63, 3.8) is 0 Å². The molecule has 0 spiro atoms. The van der Waals surface area contributed by atoms with E-state index >= 15 is 0 Å². The second-order valence-electron chi connectivity index (χ2n) is 13.8. The molecule has 0 unspecified atom stereocenters. The number of anilines is 3. The van der Waals surface area contributed by atoms with Gasteiger partial charge in [-0.15, -0.1) is 11.3 Å². The Hall–Kier alpha value is -5.70. The summed E-state index contributed by atoms with van der Waals surface area (Å²) in [4.78, 5) is 2.44. The lowest BCUT2D eigenvalue weighted by atomic mass is 9.82. The summed E-state index contributed by atoms with van der Waals surface area (Å²) in [5.41, 5.74) is 11.3. The highest BCUT2D eigenvalue weighted by atomic mass is 32.1. The van der Waals surface area contributed by atoms with Crippen LogP contribution in [-0.2, 0) is 5.41 Å². The van der Waals surface area contributed by atoms with Gasteiger partial charge in [0.25, 0.3) is 0 Å². The van der Waals surface area contributed by atoms with E-state index in [1.165, 1.54) is 75.1 Å². The number of fused-ring (bicyclic) bond motifs is 10. The minimum atomic E-state index is -0.0531. The second-order valence-corrected chi connectivity index (χ2v) is 14.8. The van der Waals surface area contributed by atoms with Gasteiger partial charge < -0.3 is 4.90 Å². The second kappa shape index (κ2) is 10.7. The predicted octanol–water partition coefficient (Wildman–Crippen LogP) is 13.8. The standard InChI is InChI=1S/C47H33NS/c1-47(2)41-17-8-6-16-38(41)46-42(47)25-22-32-20-19-31-21-23-35(28-39(31)45(32)46)48(34-14-10-13-33(27-34)30-11-4-3-5-12-30)36-24-26-44-40(29-36)37-15-7-9-18-43(37)49-44/h3-29H,1-2H3. The van der Waals surface area contributed by atoms with Gasteiger partial charge in [-0.2, -0.15) is 0 Å². The smallest absolute Gasteiger partial charge is 0.0468 e. The number of hydrogen-bond donors (Lipinski definition) is 0. The van der Waals surface area contributed by atoms with Gasteiger partial charge in [-0.25, -0.2) is 0 Å². The van der Waals surface area contributed by atoms with Crippen LogP contribution in [0.25, 0.3) is 64.0 Å². The van der Waals surface area contributed by atoms with Crippen LogP contribution in [0, 0.1) is 0 Å². The van der Waals surface area contributed by atoms with E-state index < -0.39 is 0 Å². The molecular weight excluding hydrogens is 611 g/mol. The molecule has 1 nitrogen and oxygen atoms in total. The first-order chi connectivity index (χ1) is 24.0. The van der Waals surface area contributed by atoms with Crippen LogP contribution in [0.15, 0.2) is 164 Å². The predicted molar refractivity (Wildman–Crippen MR) is 212 cm³/mol. The first kappa shape index (κ1) is 28.3. The Balaban J connectivity index is 1.25. The largest absolute Gasteiger partial charge is 0.310 e. The Morgan fingerprint density at radius 1 is 0.449 bits per heavy atom. The van der Waals surface area contributed by atoms with Crippen molar-refractivity contribution in [2.24, 2.45) is 0 Å². The van der Waals surface area contributed by atoms with Gasteiger partial charge in [-0.1, -0.05) is 129 Å². The third-order valence-electron chi connectivity index (χ3n) is 10.6. The SMILES string of the molecule is CC1(C)c2ccccc2-c2c1ccc1ccc3ccc(N(c4cccc(-c5ccccc5)c4)c4ccc5sc6ccccc6c5c4)cc3c21. The topological polar surface area (TPSA) is 3.24 Å². The van der Waals surface area contributed by atoms with Crippen LogP contribution in [0.1, 0.15) is 25.0 Å². The maximum atomic E-state index is 2.44. The van der Waals surface area contributed by atoms with Crippen molar-refractivity contribution >= 4 is 70.1 Å². The Labute approximate surface area is 290 Å². The van der Waals surface area contributed by atoms with Crippen molar-refractivity contribution in [3.8, 4) is 22.3 Å². The van der Waals surface area contributed by atoms with Gasteiger partial charge >= 0.3 is 0 Å². The molecule has 0 saturated carbocycles. The highest BCUT2D eigenvalue weighted by Gasteiger charge is 2.36. The van der Waals surface area contributed by atoms with Crippen LogP contribution in [0.5, 0.6) is 0 Å². The molecule has 0 radical (unpaired) electrons. The molecule has 1 aliphatic rings. The molecule has 49 heavy (non-hydrogen) atoms. The van der Waals surface area contributed by atoms with Crippen LogP contribution >= 0.6 is 11.3 Å². The monoisotopic (exact) mass is 643 g/mol. The van der Waals surface area contributed by atoms with E-state index in [0.717, 1.165) is 17.1 Å². The molecule has 0 saturated heterocycles. The molecule has 2 heteroatoms. The molecule has 9 aromatic rings. The number of rotatable bonds is 4. The van der Waals surface area contributed by atoms with E-state index in [4.69, 9.17) is 0 Å². The van der Waals surface area contributed by atoms with E-state index in [0.29, 0.717) is 0 Å². The van der Waals surface area contributed by atoms with Crippen LogP contribution in [0.3, 0.4) is 0 Å². The van der Waals surface area contributed by atoms with Gasteiger partial charge in [0.1, 0.15) is 0 Å². The van der Waals surface area contributed by atoms with Gasteiger partial charge in [0.15, 0.2) is 0 Å². The Morgan fingerprint density at radius 3 is 2.00 bits per heavy atom. The fraction of sp³-hybridized carbons (Fsp3) is 0.0638. The van der Waals surface area contributed by atoms with Crippen molar-refractivity contribution in [2.75, 3.05) is 4.90 Å². The summed E-state index contributed by atoms with van der Waals surface area (Å²) in [7, 11) is 0. The van der Waals surface area contributed by atoms with Gasteiger partial charge in [0.2, 0.25) is 0 Å². The molecule has 10 rings (SSSR count). The number of thiophene rings is 1. The Kier molecular flexibility index (Phi) is 6.16. The quantitative estimate of drug-likeness (QED) is 0.173. The van der Waals surface area contributed by atoms with Crippen molar-refractivity contribution in [1.29, 1.82) is 0 Å². The average Bonchev–Trinajstić information content (AvgIpc) is 3.63. The summed E-state index contributed by atoms with van der Waals surface area (Å²) in [6.07, 6.45) is 0. The zero-order valence-electron chi connectivity index (χ0n) is 27.4. The third kappa shape index (κ3) is 4.31. The van der Waals surface area contributed by atoms with E-state index in [9.17, 15) is 0 Å². The maximum Gasteiger partial charge on any atom is 0.0468 e. The highest BCUT2D eigenvalue weighted by molar-refractivity contribution is 7.25. The summed E-state index contributed by atoms with van der Waals surface area (Å²) in [5.74, 6) is 0. The molecule has 0 N–H and O–H groups in total. The Bertz CT molecular complexity index is 2750. The third-order valence-corrected chi connectivity index (χ3v) is 11.8. The molecule has 1 aliphatic carbocycles. The lowest BCUT2D eigenvalue weighted by Crippen LogP contribution is -2.14. The zero-order valence-corrected chi connectivity index (χ0v) is 28.3. The normalized spacial score (nSPS) is 13.3. The summed E-state index contributed by atoms with van der Waals surface area (Å²) < 4.78 is 2.63. The molecule has 0 aliphatic heterocycles. The zero-order chi connectivity index (χ0) is 32.7. The first-order valence-corrected chi connectivity index (χ1v) is 17.8. The molecule has 8 aromatic carbocycles. The van der Waals surface area contributed by atoms with Crippen LogP contribution in [-0.4, -0.2) is 0 Å². The molecule has 0 bridgehead atoms. The fourth-order valence-electron chi connectivity index (χ4n) is 8.22. The number of hydrogen-bond acceptors (Lipinski definition) is 2. The van der Waals surface area contributed by atoms with E-state index in [1.54, 1.807) is 0 Å². The molecule has 232 valence electrons. The average molecular weight is 644 g/mol. The van der Waals surface area contributed by atoms with Crippen molar-refractivity contribution < 1.29 is 0 Å². The molecule has 0 atom stereocenters. The van der Waals surface area contributed by atoms with Crippen LogP contribution < -0.4 is 4.90 Å². The summed E-state index contributed by atoms with van der Waals surface area (Å²) in [6.45, 7) is 4.73. The lowest BCUT2D eigenvalue weighted by Gasteiger charge is -2.27. The Morgan fingerprint density at radius 2 is 1.10 bits per heavy atom. The van der Waals surface area contributed by atoms with E-state index in [-0.39, 0.29) is 5.41 Å². The maximum absolute atomic E-state index is 2.44. The van der Waals surface area contributed by atoms with E-state index in [1.807, 2.05) is 11.3 Å². The van der Waals surface area contributed by atoms with Crippen molar-refractivity contribution in [3.05, 3.63) is 175 Å². The molecule has 1 heterocycles. The summed E-state index contributed by atoms with van der Waals surface area (Å²) in [5, 5.41) is 7.76. The number of benzene rings is 8. The minimum absolute atomic E-state index is 0.0531. The minimum Gasteiger partial charge on any atom is -0.310 e. The molecular formula is C47H33NS. The number of nitrogens with zero attached hydrogens (tertiary/aromatic N) is 1.